The van der Waals surface area contributed by atoms with Gasteiger partial charge in [0.2, 0.25) is 5.91 Å². The molecule has 0 N–H and O–H groups in total. The maximum Gasteiger partial charge on any atom is 0.233 e. The summed E-state index contributed by atoms with van der Waals surface area (Å²) in [5.41, 5.74) is 3.57. The number of amides is 1. The van der Waals surface area contributed by atoms with Crippen LogP contribution in [0.1, 0.15) is 16.8 Å². The van der Waals surface area contributed by atoms with Crippen LogP contribution < -0.4 is 14.4 Å². The van der Waals surface area contributed by atoms with E-state index in [2.05, 4.69) is 4.98 Å². The van der Waals surface area contributed by atoms with Gasteiger partial charge in [-0.3, -0.25) is 14.7 Å². The minimum atomic E-state index is -0.0495. The number of rotatable bonds is 7. The monoisotopic (exact) mass is 433 g/mol. The van der Waals surface area contributed by atoms with E-state index in [0.717, 1.165) is 32.8 Å². The molecular formula is C24H23N3O3S. The van der Waals surface area contributed by atoms with Crippen LogP contribution in [0.25, 0.3) is 10.2 Å². The molecule has 6 nitrogen and oxygen atoms in total. The summed E-state index contributed by atoms with van der Waals surface area (Å²) in [6, 6.07) is 17.1. The van der Waals surface area contributed by atoms with Crippen LogP contribution in [0, 0.1) is 6.92 Å². The van der Waals surface area contributed by atoms with Crippen molar-refractivity contribution in [3.05, 3.63) is 77.6 Å². The lowest BCUT2D eigenvalue weighted by atomic mass is 10.1. The van der Waals surface area contributed by atoms with E-state index in [1.807, 2.05) is 61.5 Å². The number of carbonyl (C=O) groups is 1. The third-order valence-corrected chi connectivity index (χ3v) is 6.22. The molecule has 0 bridgehead atoms. The van der Waals surface area contributed by atoms with E-state index in [1.54, 1.807) is 25.3 Å². The number of thiazole rings is 1. The van der Waals surface area contributed by atoms with Gasteiger partial charge in [-0.2, -0.15) is 0 Å². The summed E-state index contributed by atoms with van der Waals surface area (Å²) >= 11 is 1.49. The molecule has 0 saturated heterocycles. The molecule has 1 amide bonds. The largest absolute Gasteiger partial charge is 0.497 e. The maximum absolute atomic E-state index is 13.4. The number of fused-ring (bicyclic) bond motifs is 1. The zero-order chi connectivity index (χ0) is 21.8. The zero-order valence-corrected chi connectivity index (χ0v) is 18.5. The van der Waals surface area contributed by atoms with Crippen molar-refractivity contribution < 1.29 is 14.3 Å². The summed E-state index contributed by atoms with van der Waals surface area (Å²) in [6.45, 7) is 2.38. The first kappa shape index (κ1) is 20.8. The van der Waals surface area contributed by atoms with Gasteiger partial charge in [-0.05, 0) is 48.4 Å². The van der Waals surface area contributed by atoms with Crippen LogP contribution in [0.4, 0.5) is 5.13 Å². The summed E-state index contributed by atoms with van der Waals surface area (Å²) in [5, 5.41) is 0.631. The van der Waals surface area contributed by atoms with Crippen LogP contribution in [0.2, 0.25) is 0 Å². The fourth-order valence-electron chi connectivity index (χ4n) is 3.31. The minimum absolute atomic E-state index is 0.0495. The Morgan fingerprint density at radius 3 is 2.52 bits per heavy atom. The SMILES string of the molecule is COc1ccc(CC(=O)N(Cc2ccccn2)c2nc3c(OC)ccc(C)c3s2)cc1. The molecule has 31 heavy (non-hydrogen) atoms. The van der Waals surface area contributed by atoms with Crippen molar-refractivity contribution in [3.8, 4) is 11.5 Å². The molecule has 0 aliphatic heterocycles. The molecule has 4 rings (SSSR count). The van der Waals surface area contributed by atoms with Crippen molar-refractivity contribution in [2.75, 3.05) is 19.1 Å². The molecule has 158 valence electrons. The van der Waals surface area contributed by atoms with Gasteiger partial charge in [0, 0.05) is 6.20 Å². The van der Waals surface area contributed by atoms with Crippen LogP contribution in [-0.2, 0) is 17.8 Å². The van der Waals surface area contributed by atoms with E-state index in [-0.39, 0.29) is 12.3 Å². The lowest BCUT2D eigenvalue weighted by molar-refractivity contribution is -0.118. The molecule has 0 fully saturated rings. The predicted molar refractivity (Wildman–Crippen MR) is 123 cm³/mol. The molecule has 2 heterocycles. The Morgan fingerprint density at radius 1 is 1.03 bits per heavy atom. The smallest absolute Gasteiger partial charge is 0.233 e. The average Bonchev–Trinajstić information content (AvgIpc) is 3.25. The third kappa shape index (κ3) is 4.51. The van der Waals surface area contributed by atoms with Gasteiger partial charge >= 0.3 is 0 Å². The Bertz CT molecular complexity index is 1190. The second-order valence-corrected chi connectivity index (χ2v) is 8.06. The van der Waals surface area contributed by atoms with E-state index >= 15 is 0 Å². The maximum atomic E-state index is 13.4. The molecule has 2 aromatic carbocycles. The van der Waals surface area contributed by atoms with Crippen molar-refractivity contribution in [3.63, 3.8) is 0 Å². The van der Waals surface area contributed by atoms with Gasteiger partial charge in [-0.1, -0.05) is 35.6 Å². The number of pyridine rings is 1. The van der Waals surface area contributed by atoms with Crippen molar-refractivity contribution in [2.24, 2.45) is 0 Å². The molecule has 4 aromatic rings. The summed E-state index contributed by atoms with van der Waals surface area (Å²) in [4.78, 5) is 24.3. The fraction of sp³-hybridized carbons (Fsp3) is 0.208. The van der Waals surface area contributed by atoms with Gasteiger partial charge in [0.15, 0.2) is 5.13 Å². The highest BCUT2D eigenvalue weighted by Crippen LogP contribution is 2.37. The molecule has 0 aliphatic carbocycles. The van der Waals surface area contributed by atoms with Gasteiger partial charge in [0.25, 0.3) is 0 Å². The lowest BCUT2D eigenvalue weighted by Gasteiger charge is -2.19. The van der Waals surface area contributed by atoms with Crippen molar-refractivity contribution in [2.45, 2.75) is 19.9 Å². The normalized spacial score (nSPS) is 10.8. The second kappa shape index (κ2) is 9.14. The first-order valence-corrected chi connectivity index (χ1v) is 10.7. The topological polar surface area (TPSA) is 64.5 Å². The van der Waals surface area contributed by atoms with Gasteiger partial charge < -0.3 is 9.47 Å². The first-order valence-electron chi connectivity index (χ1n) is 9.86. The minimum Gasteiger partial charge on any atom is -0.497 e. The number of nitrogens with zero attached hydrogens (tertiary/aromatic N) is 3. The van der Waals surface area contributed by atoms with E-state index in [4.69, 9.17) is 14.5 Å². The van der Waals surface area contributed by atoms with Crippen molar-refractivity contribution >= 4 is 32.6 Å². The Labute approximate surface area is 185 Å². The van der Waals surface area contributed by atoms with Crippen molar-refractivity contribution in [1.82, 2.24) is 9.97 Å². The summed E-state index contributed by atoms with van der Waals surface area (Å²) < 4.78 is 11.7. The number of hydrogen-bond acceptors (Lipinski definition) is 6. The van der Waals surface area contributed by atoms with Gasteiger partial charge in [0.05, 0.1) is 37.6 Å². The number of methoxy groups -OCH3 is 2. The number of carbonyl (C=O) groups excluding carboxylic acids is 1. The molecule has 0 atom stereocenters. The Kier molecular flexibility index (Phi) is 6.13. The highest BCUT2D eigenvalue weighted by molar-refractivity contribution is 7.22. The Morgan fingerprint density at radius 2 is 1.84 bits per heavy atom. The highest BCUT2D eigenvalue weighted by atomic mass is 32.1. The van der Waals surface area contributed by atoms with E-state index in [0.29, 0.717) is 17.4 Å². The Hall–Kier alpha value is -3.45. The molecule has 0 saturated carbocycles. The van der Waals surface area contributed by atoms with Crippen molar-refractivity contribution in [1.29, 1.82) is 0 Å². The number of aromatic nitrogens is 2. The quantitative estimate of drug-likeness (QED) is 0.419. The molecule has 7 heteroatoms. The zero-order valence-electron chi connectivity index (χ0n) is 17.7. The van der Waals surface area contributed by atoms with Crippen LogP contribution >= 0.6 is 11.3 Å². The first-order chi connectivity index (χ1) is 15.1. The van der Waals surface area contributed by atoms with E-state index in [9.17, 15) is 4.79 Å². The van der Waals surface area contributed by atoms with Crippen LogP contribution in [0.15, 0.2) is 60.8 Å². The van der Waals surface area contributed by atoms with Gasteiger partial charge in [-0.15, -0.1) is 0 Å². The fourth-order valence-corrected chi connectivity index (χ4v) is 4.38. The molecule has 0 unspecified atom stereocenters. The van der Waals surface area contributed by atoms with E-state index < -0.39 is 0 Å². The lowest BCUT2D eigenvalue weighted by Crippen LogP contribution is -2.32. The van der Waals surface area contributed by atoms with Crippen LogP contribution in [0.5, 0.6) is 11.5 Å². The standard InChI is InChI=1S/C24H23N3O3S/c1-16-7-12-20(30-3)22-23(16)31-24(26-22)27(15-18-6-4-5-13-25-18)21(28)14-17-8-10-19(29-2)11-9-17/h4-13H,14-15H2,1-3H3. The number of aryl methyl sites for hydroxylation is 1. The summed E-state index contributed by atoms with van der Waals surface area (Å²) in [7, 11) is 3.25. The summed E-state index contributed by atoms with van der Waals surface area (Å²) in [5.74, 6) is 1.41. The molecule has 2 aromatic heterocycles. The number of ether oxygens (including phenoxy) is 2. The number of benzene rings is 2. The molecular weight excluding hydrogens is 410 g/mol. The molecule has 0 aliphatic rings. The summed E-state index contributed by atoms with van der Waals surface area (Å²) in [6.07, 6.45) is 1.98. The van der Waals surface area contributed by atoms with Gasteiger partial charge in [-0.25, -0.2) is 4.98 Å². The molecule has 0 radical (unpaired) electrons. The van der Waals surface area contributed by atoms with Crippen LogP contribution in [-0.4, -0.2) is 30.1 Å². The molecule has 0 spiro atoms. The highest BCUT2D eigenvalue weighted by Gasteiger charge is 2.22. The second-order valence-electron chi connectivity index (χ2n) is 7.08. The number of hydrogen-bond donors (Lipinski definition) is 0. The van der Waals surface area contributed by atoms with Crippen LogP contribution in [0.3, 0.4) is 0 Å². The predicted octanol–water partition coefficient (Wildman–Crippen LogP) is 4.79. The number of anilines is 1. The Balaban J connectivity index is 1.71. The van der Waals surface area contributed by atoms with E-state index in [1.165, 1.54) is 11.3 Å². The third-order valence-electron chi connectivity index (χ3n) is 5.00. The van der Waals surface area contributed by atoms with Gasteiger partial charge in [0.1, 0.15) is 17.0 Å². The average molecular weight is 434 g/mol.